The average Bonchev–Trinajstić information content (AvgIpc) is 2.67. The van der Waals surface area contributed by atoms with Gasteiger partial charge in [0.05, 0.1) is 12.2 Å². The molecule has 2 heterocycles. The van der Waals surface area contributed by atoms with Crippen molar-refractivity contribution in [3.63, 3.8) is 0 Å². The molecule has 20 heavy (non-hydrogen) atoms. The van der Waals surface area contributed by atoms with Gasteiger partial charge in [-0.3, -0.25) is 4.79 Å². The fourth-order valence-corrected chi connectivity index (χ4v) is 3.13. The molecule has 1 amide bonds. The molecule has 0 radical (unpaired) electrons. The Bertz CT molecular complexity index is 499. The molecule has 0 atom stereocenters. The van der Waals surface area contributed by atoms with Gasteiger partial charge in [0, 0.05) is 19.1 Å². The van der Waals surface area contributed by atoms with Crippen molar-refractivity contribution in [2.75, 3.05) is 30.7 Å². The second kappa shape index (κ2) is 5.57. The maximum absolute atomic E-state index is 12.5. The third kappa shape index (κ3) is 3.40. The Morgan fingerprint density at radius 2 is 2.25 bits per heavy atom. The van der Waals surface area contributed by atoms with Crippen LogP contribution in [0.4, 0.5) is 10.9 Å². The molecule has 1 fully saturated rings. The summed E-state index contributed by atoms with van der Waals surface area (Å²) in [6, 6.07) is 0.255. The van der Waals surface area contributed by atoms with Crippen LogP contribution >= 0.6 is 11.3 Å². The summed E-state index contributed by atoms with van der Waals surface area (Å²) in [7, 11) is 0. The maximum atomic E-state index is 12.5. The molecule has 1 saturated heterocycles. The van der Waals surface area contributed by atoms with Crippen LogP contribution in [0.25, 0.3) is 0 Å². The first-order chi connectivity index (χ1) is 9.28. The number of morpholine rings is 1. The van der Waals surface area contributed by atoms with Gasteiger partial charge in [0.25, 0.3) is 5.91 Å². The lowest BCUT2D eigenvalue weighted by atomic mass is 10.1. The molecule has 0 aliphatic carbocycles. The highest BCUT2D eigenvalue weighted by atomic mass is 32.1. The smallest absolute Gasteiger partial charge is 0.268 e. The zero-order valence-corrected chi connectivity index (χ0v) is 13.2. The first kappa shape index (κ1) is 15.1. The number of anilines is 2. The van der Waals surface area contributed by atoms with Crippen molar-refractivity contribution in [3.8, 4) is 0 Å². The van der Waals surface area contributed by atoms with Gasteiger partial charge in [-0.2, -0.15) is 0 Å². The number of ether oxygens (including phenoxy) is 1. The SMILES string of the molecule is CC(C)Nc1nc(N)c(C(=O)N2CCOC(C)(C)C2)s1. The van der Waals surface area contributed by atoms with E-state index in [9.17, 15) is 4.79 Å². The third-order valence-corrected chi connectivity index (χ3v) is 3.96. The maximum Gasteiger partial charge on any atom is 0.268 e. The summed E-state index contributed by atoms with van der Waals surface area (Å²) in [5.74, 6) is 0.237. The highest BCUT2D eigenvalue weighted by molar-refractivity contribution is 7.18. The number of nitrogens with zero attached hydrogens (tertiary/aromatic N) is 2. The van der Waals surface area contributed by atoms with Gasteiger partial charge in [-0.25, -0.2) is 4.98 Å². The molecule has 1 aliphatic rings. The molecule has 0 spiro atoms. The van der Waals surface area contributed by atoms with Gasteiger partial charge in [-0.05, 0) is 27.7 Å². The number of nitrogens with two attached hydrogens (primary N) is 1. The van der Waals surface area contributed by atoms with Crippen molar-refractivity contribution < 1.29 is 9.53 Å². The molecule has 3 N–H and O–H groups in total. The Morgan fingerprint density at radius 3 is 2.85 bits per heavy atom. The minimum Gasteiger partial charge on any atom is -0.382 e. The molecule has 0 bridgehead atoms. The van der Waals surface area contributed by atoms with E-state index in [4.69, 9.17) is 10.5 Å². The van der Waals surface area contributed by atoms with Gasteiger partial charge < -0.3 is 20.7 Å². The fourth-order valence-electron chi connectivity index (χ4n) is 2.13. The van der Waals surface area contributed by atoms with Crippen LogP contribution < -0.4 is 11.1 Å². The number of amides is 1. The van der Waals surface area contributed by atoms with Crippen LogP contribution in [0, 0.1) is 0 Å². The van der Waals surface area contributed by atoms with Gasteiger partial charge in [-0.15, -0.1) is 0 Å². The van der Waals surface area contributed by atoms with E-state index >= 15 is 0 Å². The highest BCUT2D eigenvalue weighted by Gasteiger charge is 2.32. The summed E-state index contributed by atoms with van der Waals surface area (Å²) < 4.78 is 5.62. The zero-order chi connectivity index (χ0) is 14.9. The van der Waals surface area contributed by atoms with Crippen LogP contribution in [0.5, 0.6) is 0 Å². The number of thiazole rings is 1. The molecule has 2 rings (SSSR count). The lowest BCUT2D eigenvalue weighted by Gasteiger charge is -2.37. The Kier molecular flexibility index (Phi) is 4.19. The van der Waals surface area contributed by atoms with Crippen molar-refractivity contribution in [3.05, 3.63) is 4.88 Å². The predicted molar refractivity (Wildman–Crippen MR) is 81.2 cm³/mol. The molecule has 1 aliphatic heterocycles. The minimum atomic E-state index is -0.313. The summed E-state index contributed by atoms with van der Waals surface area (Å²) in [6.45, 7) is 9.70. The van der Waals surface area contributed by atoms with E-state index in [1.54, 1.807) is 4.90 Å². The highest BCUT2D eigenvalue weighted by Crippen LogP contribution is 2.28. The summed E-state index contributed by atoms with van der Waals surface area (Å²) in [6.07, 6.45) is 0. The van der Waals surface area contributed by atoms with Gasteiger partial charge >= 0.3 is 0 Å². The van der Waals surface area contributed by atoms with Crippen molar-refractivity contribution in [1.29, 1.82) is 0 Å². The molecule has 0 saturated carbocycles. The quantitative estimate of drug-likeness (QED) is 0.889. The summed E-state index contributed by atoms with van der Waals surface area (Å²) in [5.41, 5.74) is 5.56. The number of rotatable bonds is 3. The molecule has 6 nitrogen and oxygen atoms in total. The van der Waals surface area contributed by atoms with Crippen molar-refractivity contribution in [2.45, 2.75) is 39.3 Å². The standard InChI is InChI=1S/C13H22N4O2S/c1-8(2)15-12-16-10(14)9(20-12)11(18)17-5-6-19-13(3,4)7-17/h8H,5-7,14H2,1-4H3,(H,15,16). The van der Waals surface area contributed by atoms with Crippen molar-refractivity contribution in [2.24, 2.45) is 0 Å². The summed E-state index contributed by atoms with van der Waals surface area (Å²) >= 11 is 1.31. The Morgan fingerprint density at radius 1 is 1.55 bits per heavy atom. The van der Waals surface area contributed by atoms with E-state index in [1.807, 2.05) is 27.7 Å². The first-order valence-corrected chi connectivity index (χ1v) is 7.56. The van der Waals surface area contributed by atoms with Crippen LogP contribution in [0.2, 0.25) is 0 Å². The monoisotopic (exact) mass is 298 g/mol. The van der Waals surface area contributed by atoms with Crippen LogP contribution in [-0.2, 0) is 4.74 Å². The zero-order valence-electron chi connectivity index (χ0n) is 12.4. The number of aromatic nitrogens is 1. The third-order valence-electron chi connectivity index (χ3n) is 2.97. The van der Waals surface area contributed by atoms with Crippen LogP contribution in [0.15, 0.2) is 0 Å². The largest absolute Gasteiger partial charge is 0.382 e. The van der Waals surface area contributed by atoms with Crippen molar-refractivity contribution in [1.82, 2.24) is 9.88 Å². The van der Waals surface area contributed by atoms with Crippen LogP contribution in [0.1, 0.15) is 37.4 Å². The lowest BCUT2D eigenvalue weighted by Crippen LogP contribution is -2.50. The normalized spacial score (nSPS) is 18.4. The van der Waals surface area contributed by atoms with E-state index in [0.717, 1.165) is 0 Å². The van der Waals surface area contributed by atoms with Gasteiger partial charge in [0.2, 0.25) is 0 Å². The second-order valence-electron chi connectivity index (χ2n) is 5.87. The van der Waals surface area contributed by atoms with Gasteiger partial charge in [0.15, 0.2) is 5.13 Å². The van der Waals surface area contributed by atoms with E-state index in [0.29, 0.717) is 35.5 Å². The number of carbonyl (C=O) groups excluding carboxylic acids is 1. The molecule has 112 valence electrons. The molecule has 7 heteroatoms. The van der Waals surface area contributed by atoms with Crippen LogP contribution in [-0.4, -0.2) is 47.1 Å². The minimum absolute atomic E-state index is 0.0619. The summed E-state index contributed by atoms with van der Waals surface area (Å²) in [5, 5.41) is 3.86. The number of hydrogen-bond donors (Lipinski definition) is 2. The van der Waals surface area contributed by atoms with Crippen LogP contribution in [0.3, 0.4) is 0 Å². The van der Waals surface area contributed by atoms with Gasteiger partial charge in [-0.1, -0.05) is 11.3 Å². The Hall–Kier alpha value is -1.34. The van der Waals surface area contributed by atoms with E-state index in [1.165, 1.54) is 11.3 Å². The molecular formula is C13H22N4O2S. The predicted octanol–water partition coefficient (Wildman–Crippen LogP) is 1.80. The topological polar surface area (TPSA) is 80.5 Å². The molecule has 0 unspecified atom stereocenters. The Balaban J connectivity index is 2.14. The molecular weight excluding hydrogens is 276 g/mol. The van der Waals surface area contributed by atoms with Crippen molar-refractivity contribution >= 4 is 28.2 Å². The summed E-state index contributed by atoms with van der Waals surface area (Å²) in [4.78, 5) is 19.0. The average molecular weight is 298 g/mol. The number of hydrogen-bond acceptors (Lipinski definition) is 6. The Labute approximate surface area is 123 Å². The van der Waals surface area contributed by atoms with E-state index in [-0.39, 0.29) is 17.6 Å². The lowest BCUT2D eigenvalue weighted by molar-refractivity contribution is -0.0762. The van der Waals surface area contributed by atoms with E-state index < -0.39 is 0 Å². The number of nitrogen functional groups attached to an aromatic ring is 1. The number of carbonyl (C=O) groups is 1. The van der Waals surface area contributed by atoms with E-state index in [2.05, 4.69) is 10.3 Å². The van der Waals surface area contributed by atoms with Gasteiger partial charge in [0.1, 0.15) is 10.7 Å². The molecule has 0 aromatic carbocycles. The molecule has 1 aromatic heterocycles. The molecule has 1 aromatic rings. The second-order valence-corrected chi connectivity index (χ2v) is 6.87. The first-order valence-electron chi connectivity index (χ1n) is 6.74. The fraction of sp³-hybridized carbons (Fsp3) is 0.692. The number of nitrogens with one attached hydrogen (secondary N) is 1.